The Bertz CT molecular complexity index is 348. The van der Waals surface area contributed by atoms with E-state index >= 15 is 0 Å². The highest BCUT2D eigenvalue weighted by Gasteiger charge is 2.24. The van der Waals surface area contributed by atoms with E-state index in [0.29, 0.717) is 6.54 Å². The molecule has 1 heteroatoms. The van der Waals surface area contributed by atoms with Crippen molar-refractivity contribution in [2.24, 2.45) is 5.73 Å². The molecule has 1 nitrogen and oxygen atoms in total. The lowest BCUT2D eigenvalue weighted by Crippen LogP contribution is -1.99. The molecular weight excluding hydrogens is 170 g/mol. The van der Waals surface area contributed by atoms with Crippen LogP contribution in [0.5, 0.6) is 0 Å². The lowest BCUT2D eigenvalue weighted by molar-refractivity contribution is 1.11. The number of hydrogen-bond donors (Lipinski definition) is 1. The zero-order chi connectivity index (χ0) is 9.97. The third kappa shape index (κ3) is 2.05. The summed E-state index contributed by atoms with van der Waals surface area (Å²) < 4.78 is 0. The Kier molecular flexibility index (Phi) is 2.69. The monoisotopic (exact) mass is 187 g/mol. The van der Waals surface area contributed by atoms with Crippen LogP contribution >= 0.6 is 0 Å². The van der Waals surface area contributed by atoms with Crippen molar-refractivity contribution >= 4 is 6.08 Å². The molecule has 0 radical (unpaired) electrons. The first-order valence-electron chi connectivity index (χ1n) is 5.27. The van der Waals surface area contributed by atoms with Crippen molar-refractivity contribution < 1.29 is 0 Å². The van der Waals surface area contributed by atoms with Gasteiger partial charge in [0.2, 0.25) is 0 Å². The molecule has 2 N–H and O–H groups in total. The van der Waals surface area contributed by atoms with Crippen LogP contribution in [0.3, 0.4) is 0 Å². The van der Waals surface area contributed by atoms with Gasteiger partial charge in [-0.05, 0) is 36.8 Å². The van der Waals surface area contributed by atoms with E-state index in [1.54, 1.807) is 0 Å². The summed E-state index contributed by atoms with van der Waals surface area (Å²) in [5, 5.41) is 0. The molecule has 1 aliphatic carbocycles. The van der Waals surface area contributed by atoms with Gasteiger partial charge in [-0.3, -0.25) is 0 Å². The lowest BCUT2D eigenvalue weighted by atomic mass is 10.0. The van der Waals surface area contributed by atoms with Gasteiger partial charge in [0.1, 0.15) is 0 Å². The van der Waals surface area contributed by atoms with Gasteiger partial charge in [-0.2, -0.15) is 0 Å². The van der Waals surface area contributed by atoms with E-state index in [9.17, 15) is 0 Å². The Hall–Kier alpha value is -1.08. The summed E-state index contributed by atoms with van der Waals surface area (Å²) in [7, 11) is 0. The summed E-state index contributed by atoms with van der Waals surface area (Å²) in [5.41, 5.74) is 9.70. The summed E-state index contributed by atoms with van der Waals surface area (Å²) in [6.45, 7) is 2.74. The summed E-state index contributed by atoms with van der Waals surface area (Å²) in [6.07, 6.45) is 4.92. The van der Waals surface area contributed by atoms with Gasteiger partial charge in [0, 0.05) is 6.54 Å². The molecular formula is C13H17N. The predicted octanol–water partition coefficient (Wildman–Crippen LogP) is 2.93. The first-order valence-corrected chi connectivity index (χ1v) is 5.27. The summed E-state index contributed by atoms with van der Waals surface area (Å²) in [6, 6.07) is 8.66. The summed E-state index contributed by atoms with van der Waals surface area (Å²) >= 11 is 0. The van der Waals surface area contributed by atoms with Crippen LogP contribution in [0.15, 0.2) is 29.8 Å². The number of nitrogens with two attached hydrogens (primary N) is 1. The highest BCUT2D eigenvalue weighted by Crippen LogP contribution is 2.41. The van der Waals surface area contributed by atoms with Crippen LogP contribution in [0, 0.1) is 0 Å². The maximum Gasteiger partial charge on any atom is 0.0137 e. The smallest absolute Gasteiger partial charge is 0.0137 e. The second kappa shape index (κ2) is 3.97. The van der Waals surface area contributed by atoms with Crippen LogP contribution in [-0.4, -0.2) is 6.54 Å². The van der Waals surface area contributed by atoms with Crippen molar-refractivity contribution in [1.29, 1.82) is 0 Å². The molecule has 0 unspecified atom stereocenters. The zero-order valence-corrected chi connectivity index (χ0v) is 8.66. The maximum absolute atomic E-state index is 5.59. The van der Waals surface area contributed by atoms with Crippen LogP contribution in [0.4, 0.5) is 0 Å². The van der Waals surface area contributed by atoms with Crippen molar-refractivity contribution in [1.82, 2.24) is 0 Å². The fourth-order valence-electron chi connectivity index (χ4n) is 1.73. The molecule has 0 bridgehead atoms. The normalized spacial score (nSPS) is 17.1. The Morgan fingerprint density at radius 2 is 2.14 bits per heavy atom. The molecule has 0 spiro atoms. The average molecular weight is 187 g/mol. The van der Waals surface area contributed by atoms with E-state index in [2.05, 4.69) is 37.3 Å². The second-order valence-corrected chi connectivity index (χ2v) is 4.10. The SMILES string of the molecule is CC(=Cc1ccccc1C1CC1)CN. The molecule has 0 heterocycles. The van der Waals surface area contributed by atoms with Crippen LogP contribution in [0.25, 0.3) is 6.08 Å². The number of hydrogen-bond acceptors (Lipinski definition) is 1. The quantitative estimate of drug-likeness (QED) is 0.773. The molecule has 0 amide bonds. The topological polar surface area (TPSA) is 26.0 Å². The number of benzene rings is 1. The lowest BCUT2D eigenvalue weighted by Gasteiger charge is -2.04. The van der Waals surface area contributed by atoms with Gasteiger partial charge in [-0.1, -0.05) is 35.9 Å². The molecule has 1 aromatic carbocycles. The molecule has 2 rings (SSSR count). The van der Waals surface area contributed by atoms with Crippen molar-refractivity contribution in [3.05, 3.63) is 41.0 Å². The first kappa shape index (κ1) is 9.47. The molecule has 74 valence electrons. The molecule has 1 fully saturated rings. The van der Waals surface area contributed by atoms with E-state index in [1.807, 2.05) is 0 Å². The fraction of sp³-hybridized carbons (Fsp3) is 0.385. The molecule has 1 saturated carbocycles. The Labute approximate surface area is 85.6 Å². The standard InChI is InChI=1S/C13H17N/c1-10(9-14)8-12-4-2-3-5-13(12)11-6-7-11/h2-5,8,11H,6-7,9,14H2,1H3. The van der Waals surface area contributed by atoms with Crippen molar-refractivity contribution in [2.45, 2.75) is 25.7 Å². The van der Waals surface area contributed by atoms with Gasteiger partial charge >= 0.3 is 0 Å². The average Bonchev–Trinajstić information content (AvgIpc) is 3.02. The molecule has 0 aromatic heterocycles. The summed E-state index contributed by atoms with van der Waals surface area (Å²) in [4.78, 5) is 0. The highest BCUT2D eigenvalue weighted by atomic mass is 14.5. The van der Waals surface area contributed by atoms with E-state index in [1.165, 1.54) is 29.5 Å². The third-order valence-electron chi connectivity index (χ3n) is 2.74. The first-order chi connectivity index (χ1) is 6.81. The van der Waals surface area contributed by atoms with E-state index in [0.717, 1.165) is 5.92 Å². The van der Waals surface area contributed by atoms with E-state index in [4.69, 9.17) is 5.73 Å². The maximum atomic E-state index is 5.59. The van der Waals surface area contributed by atoms with Crippen LogP contribution in [0.1, 0.15) is 36.8 Å². The predicted molar refractivity (Wildman–Crippen MR) is 61.1 cm³/mol. The van der Waals surface area contributed by atoms with Gasteiger partial charge in [-0.15, -0.1) is 0 Å². The minimum atomic E-state index is 0.652. The van der Waals surface area contributed by atoms with Crippen molar-refractivity contribution in [3.63, 3.8) is 0 Å². The second-order valence-electron chi connectivity index (χ2n) is 4.10. The van der Waals surface area contributed by atoms with Crippen molar-refractivity contribution in [3.8, 4) is 0 Å². The largest absolute Gasteiger partial charge is 0.327 e. The Morgan fingerprint density at radius 1 is 1.43 bits per heavy atom. The molecule has 0 aliphatic heterocycles. The minimum absolute atomic E-state index is 0.652. The van der Waals surface area contributed by atoms with E-state index < -0.39 is 0 Å². The molecule has 1 aliphatic rings. The van der Waals surface area contributed by atoms with Crippen LogP contribution < -0.4 is 5.73 Å². The Morgan fingerprint density at radius 3 is 2.79 bits per heavy atom. The highest BCUT2D eigenvalue weighted by molar-refractivity contribution is 5.58. The molecule has 14 heavy (non-hydrogen) atoms. The third-order valence-corrected chi connectivity index (χ3v) is 2.74. The van der Waals surface area contributed by atoms with Gasteiger partial charge in [0.05, 0.1) is 0 Å². The Balaban J connectivity index is 2.31. The van der Waals surface area contributed by atoms with Gasteiger partial charge < -0.3 is 5.73 Å². The van der Waals surface area contributed by atoms with E-state index in [-0.39, 0.29) is 0 Å². The van der Waals surface area contributed by atoms with Crippen LogP contribution in [-0.2, 0) is 0 Å². The molecule has 1 aromatic rings. The minimum Gasteiger partial charge on any atom is -0.327 e. The van der Waals surface area contributed by atoms with Gasteiger partial charge in [0.25, 0.3) is 0 Å². The molecule has 0 atom stereocenters. The van der Waals surface area contributed by atoms with Crippen molar-refractivity contribution in [2.75, 3.05) is 6.54 Å². The van der Waals surface area contributed by atoms with Gasteiger partial charge in [-0.25, -0.2) is 0 Å². The zero-order valence-electron chi connectivity index (χ0n) is 8.66. The fourth-order valence-corrected chi connectivity index (χ4v) is 1.73. The van der Waals surface area contributed by atoms with Gasteiger partial charge in [0.15, 0.2) is 0 Å². The summed E-state index contributed by atoms with van der Waals surface area (Å²) in [5.74, 6) is 0.813. The van der Waals surface area contributed by atoms with Crippen LogP contribution in [0.2, 0.25) is 0 Å². The number of rotatable bonds is 3. The molecule has 0 saturated heterocycles.